The Morgan fingerprint density at radius 3 is 1.12 bits per heavy atom. The van der Waals surface area contributed by atoms with Gasteiger partial charge in [0, 0.05) is 19.8 Å². The maximum atomic E-state index is 12.2. The standard InChI is InChI=1S/C41H86NO5P/c1-3-5-7-9-11-13-15-17-19-21-23-25-27-29-31-33-36-45-39-41(40-47-48(43,44)38-35-42)46-37-34-32-30-28-26-24-22-20-18-16-14-12-10-8-6-4-2/h41H,3-40,42H2,1-2H3,(H,43,44)/t41-/m0/s1. The van der Waals surface area contributed by atoms with Crippen molar-refractivity contribution in [3.63, 3.8) is 0 Å². The van der Waals surface area contributed by atoms with Gasteiger partial charge in [0.25, 0.3) is 0 Å². The van der Waals surface area contributed by atoms with E-state index in [1.165, 1.54) is 186 Å². The Morgan fingerprint density at radius 2 is 0.792 bits per heavy atom. The largest absolute Gasteiger partial charge is 0.379 e. The number of nitrogens with two attached hydrogens (primary N) is 1. The van der Waals surface area contributed by atoms with E-state index in [2.05, 4.69) is 13.8 Å². The zero-order valence-corrected chi connectivity index (χ0v) is 33.4. The smallest absolute Gasteiger partial charge is 0.329 e. The van der Waals surface area contributed by atoms with Crippen molar-refractivity contribution < 1.29 is 23.5 Å². The maximum Gasteiger partial charge on any atom is 0.329 e. The van der Waals surface area contributed by atoms with Crippen LogP contribution in [0.2, 0.25) is 0 Å². The van der Waals surface area contributed by atoms with Crippen LogP contribution in [0.3, 0.4) is 0 Å². The van der Waals surface area contributed by atoms with E-state index in [4.69, 9.17) is 19.7 Å². The van der Waals surface area contributed by atoms with Gasteiger partial charge < -0.3 is 24.6 Å². The fraction of sp³-hybridized carbons (Fsp3) is 1.00. The third-order valence-corrected chi connectivity index (χ3v) is 11.0. The Hall–Kier alpha value is 0.0300. The minimum Gasteiger partial charge on any atom is -0.379 e. The Labute approximate surface area is 300 Å². The molecule has 0 radical (unpaired) electrons. The molecule has 0 aromatic carbocycles. The molecule has 0 aromatic rings. The second-order valence-corrected chi connectivity index (χ2v) is 16.6. The first-order chi connectivity index (χ1) is 23.6. The lowest BCUT2D eigenvalue weighted by Gasteiger charge is -2.20. The summed E-state index contributed by atoms with van der Waals surface area (Å²) in [7, 11) is -3.66. The van der Waals surface area contributed by atoms with E-state index in [1.807, 2.05) is 0 Å². The molecule has 0 aromatic heterocycles. The van der Waals surface area contributed by atoms with Crippen LogP contribution in [0.25, 0.3) is 0 Å². The maximum absolute atomic E-state index is 12.2. The Kier molecular flexibility index (Phi) is 39.8. The number of ether oxygens (including phenoxy) is 2. The molecule has 0 heterocycles. The summed E-state index contributed by atoms with van der Waals surface area (Å²) in [6.07, 6.45) is 42.9. The first-order valence-electron chi connectivity index (χ1n) is 21.4. The second kappa shape index (κ2) is 39.8. The molecule has 0 bridgehead atoms. The molecule has 0 saturated heterocycles. The van der Waals surface area contributed by atoms with Crippen LogP contribution in [0.15, 0.2) is 0 Å². The summed E-state index contributed by atoms with van der Waals surface area (Å²) in [6, 6.07) is 0. The van der Waals surface area contributed by atoms with Gasteiger partial charge in [0.2, 0.25) is 0 Å². The minimum absolute atomic E-state index is 0.0289. The van der Waals surface area contributed by atoms with E-state index >= 15 is 0 Å². The van der Waals surface area contributed by atoms with E-state index in [0.29, 0.717) is 19.8 Å². The van der Waals surface area contributed by atoms with Crippen LogP contribution in [0, 0.1) is 0 Å². The Morgan fingerprint density at radius 1 is 0.479 bits per heavy atom. The molecule has 0 amide bonds. The molecule has 0 aliphatic heterocycles. The monoisotopic (exact) mass is 704 g/mol. The fourth-order valence-corrected chi connectivity index (χ4v) is 7.29. The van der Waals surface area contributed by atoms with Crippen molar-refractivity contribution in [3.05, 3.63) is 0 Å². The third-order valence-electron chi connectivity index (χ3n) is 9.67. The summed E-state index contributed by atoms with van der Waals surface area (Å²) in [5.41, 5.74) is 5.47. The van der Waals surface area contributed by atoms with E-state index in [1.54, 1.807) is 0 Å². The molecule has 7 heteroatoms. The van der Waals surface area contributed by atoms with Crippen LogP contribution < -0.4 is 5.73 Å². The molecule has 6 nitrogen and oxygen atoms in total. The lowest BCUT2D eigenvalue weighted by molar-refractivity contribution is -0.0403. The van der Waals surface area contributed by atoms with Gasteiger partial charge in [0.1, 0.15) is 6.10 Å². The van der Waals surface area contributed by atoms with Crippen molar-refractivity contribution >= 4 is 7.60 Å². The SMILES string of the molecule is CCCCCCCCCCCCCCCCCCOC[C@@H](COP(=O)(O)CCN)OCCCCCCCCCCCCCCCCCC. The highest BCUT2D eigenvalue weighted by atomic mass is 31.2. The van der Waals surface area contributed by atoms with Crippen LogP contribution >= 0.6 is 7.60 Å². The predicted octanol–water partition coefficient (Wildman–Crippen LogP) is 13.1. The summed E-state index contributed by atoms with van der Waals surface area (Å²) in [6.45, 7) is 6.53. The second-order valence-electron chi connectivity index (χ2n) is 14.6. The minimum atomic E-state index is -3.66. The van der Waals surface area contributed by atoms with Crippen LogP contribution in [-0.2, 0) is 18.6 Å². The predicted molar refractivity (Wildman–Crippen MR) is 209 cm³/mol. The first-order valence-corrected chi connectivity index (χ1v) is 23.2. The molecule has 0 fully saturated rings. The number of unbranched alkanes of at least 4 members (excludes halogenated alkanes) is 30. The van der Waals surface area contributed by atoms with Gasteiger partial charge in [-0.2, -0.15) is 0 Å². The lowest BCUT2D eigenvalue weighted by atomic mass is 10.0. The van der Waals surface area contributed by atoms with Crippen molar-refractivity contribution in [1.29, 1.82) is 0 Å². The van der Waals surface area contributed by atoms with Crippen molar-refractivity contribution in [3.8, 4) is 0 Å². The van der Waals surface area contributed by atoms with Gasteiger partial charge in [-0.3, -0.25) is 4.57 Å². The number of hydrogen-bond donors (Lipinski definition) is 2. The highest BCUT2D eigenvalue weighted by molar-refractivity contribution is 7.52. The van der Waals surface area contributed by atoms with Crippen LogP contribution in [0.1, 0.15) is 219 Å². The first kappa shape index (κ1) is 48.0. The van der Waals surface area contributed by atoms with E-state index in [0.717, 1.165) is 19.3 Å². The summed E-state index contributed by atoms with van der Waals surface area (Å²) in [4.78, 5) is 9.97. The van der Waals surface area contributed by atoms with E-state index < -0.39 is 7.60 Å². The van der Waals surface area contributed by atoms with Gasteiger partial charge in [-0.05, 0) is 12.8 Å². The number of hydrogen-bond acceptors (Lipinski definition) is 5. The molecule has 0 saturated carbocycles. The molecule has 2 atom stereocenters. The molecular weight excluding hydrogens is 617 g/mol. The normalized spacial score (nSPS) is 13.7. The number of rotatable bonds is 42. The average molecular weight is 704 g/mol. The van der Waals surface area contributed by atoms with E-state index in [9.17, 15) is 9.46 Å². The lowest BCUT2D eigenvalue weighted by Crippen LogP contribution is -2.26. The van der Waals surface area contributed by atoms with Crippen molar-refractivity contribution in [2.75, 3.05) is 39.1 Å². The highest BCUT2D eigenvalue weighted by Crippen LogP contribution is 2.41. The third kappa shape index (κ3) is 38.8. The topological polar surface area (TPSA) is 91.0 Å². The summed E-state index contributed by atoms with van der Waals surface area (Å²) in [5, 5.41) is 0. The van der Waals surface area contributed by atoms with E-state index in [-0.39, 0.29) is 25.4 Å². The molecular formula is C41H86NO5P. The Balaban J connectivity index is 3.78. The van der Waals surface area contributed by atoms with Crippen LogP contribution in [-0.4, -0.2) is 50.1 Å². The van der Waals surface area contributed by atoms with Crippen molar-refractivity contribution in [2.24, 2.45) is 5.73 Å². The van der Waals surface area contributed by atoms with Crippen LogP contribution in [0.4, 0.5) is 0 Å². The van der Waals surface area contributed by atoms with Crippen molar-refractivity contribution in [2.45, 2.75) is 225 Å². The van der Waals surface area contributed by atoms with Crippen molar-refractivity contribution in [1.82, 2.24) is 0 Å². The summed E-state index contributed by atoms with van der Waals surface area (Å²) < 4.78 is 29.5. The molecule has 0 rings (SSSR count). The zero-order valence-electron chi connectivity index (χ0n) is 32.6. The van der Waals surface area contributed by atoms with Gasteiger partial charge in [0.05, 0.1) is 19.4 Å². The van der Waals surface area contributed by atoms with Gasteiger partial charge >= 0.3 is 7.60 Å². The quantitative estimate of drug-likeness (QED) is 0.0486. The van der Waals surface area contributed by atoms with Gasteiger partial charge in [-0.25, -0.2) is 0 Å². The average Bonchev–Trinajstić information content (AvgIpc) is 3.07. The van der Waals surface area contributed by atoms with Gasteiger partial charge in [-0.1, -0.05) is 206 Å². The van der Waals surface area contributed by atoms with Crippen LogP contribution in [0.5, 0.6) is 0 Å². The molecule has 3 N–H and O–H groups in total. The highest BCUT2D eigenvalue weighted by Gasteiger charge is 2.21. The molecule has 1 unspecified atom stereocenters. The Bertz CT molecular complexity index is 652. The molecule has 0 aliphatic carbocycles. The summed E-state index contributed by atoms with van der Waals surface area (Å²) in [5.74, 6) is 0. The molecule has 48 heavy (non-hydrogen) atoms. The van der Waals surface area contributed by atoms with Gasteiger partial charge in [0.15, 0.2) is 0 Å². The fourth-order valence-electron chi connectivity index (χ4n) is 6.44. The zero-order chi connectivity index (χ0) is 35.1. The van der Waals surface area contributed by atoms with Gasteiger partial charge in [-0.15, -0.1) is 0 Å². The molecule has 290 valence electrons. The summed E-state index contributed by atoms with van der Waals surface area (Å²) >= 11 is 0. The molecule has 0 spiro atoms. The molecule has 0 aliphatic rings.